The lowest BCUT2D eigenvalue weighted by atomic mass is 10.0. The van der Waals surface area contributed by atoms with Crippen molar-refractivity contribution in [2.75, 3.05) is 0 Å². The van der Waals surface area contributed by atoms with Crippen molar-refractivity contribution in [3.8, 4) is 0 Å². The minimum absolute atomic E-state index is 0.240. The topological polar surface area (TPSA) is 42.2 Å². The van der Waals surface area contributed by atoms with Gasteiger partial charge < -0.3 is 9.67 Å². The van der Waals surface area contributed by atoms with Crippen LogP contribution in [0.15, 0.2) is 24.4 Å². The van der Waals surface area contributed by atoms with E-state index in [-0.39, 0.29) is 6.42 Å². The van der Waals surface area contributed by atoms with Gasteiger partial charge in [0.25, 0.3) is 0 Å². The quantitative estimate of drug-likeness (QED) is 0.879. The van der Waals surface area contributed by atoms with Gasteiger partial charge in [0.05, 0.1) is 0 Å². The molecule has 0 atom stereocenters. The first-order valence-corrected chi connectivity index (χ1v) is 6.40. The molecule has 0 unspecified atom stereocenters. The Morgan fingerprint density at radius 3 is 2.83 bits per heavy atom. The number of carbonyl (C=O) groups is 1. The van der Waals surface area contributed by atoms with Crippen molar-refractivity contribution >= 4 is 16.9 Å². The normalized spacial score (nSPS) is 11.0. The third-order valence-electron chi connectivity index (χ3n) is 3.38. The maximum atomic E-state index is 10.6. The van der Waals surface area contributed by atoms with Gasteiger partial charge in [-0.2, -0.15) is 0 Å². The van der Waals surface area contributed by atoms with Gasteiger partial charge in [0, 0.05) is 30.6 Å². The van der Waals surface area contributed by atoms with E-state index in [1.807, 2.05) is 7.05 Å². The third kappa shape index (κ3) is 2.55. The van der Waals surface area contributed by atoms with E-state index in [0.717, 1.165) is 12.8 Å². The standard InChI is InChI=1S/C15H19NO2/c1-3-11-7-8-14-13(9-11)12(10-16(14)2)5-4-6-15(17)18/h7-10H,3-6H2,1-2H3,(H,17,18). The average Bonchev–Trinajstić information content (AvgIpc) is 2.65. The van der Waals surface area contributed by atoms with E-state index in [2.05, 4.69) is 35.9 Å². The highest BCUT2D eigenvalue weighted by molar-refractivity contribution is 5.84. The summed E-state index contributed by atoms with van der Waals surface area (Å²) < 4.78 is 2.12. The number of hydrogen-bond donors (Lipinski definition) is 1. The van der Waals surface area contributed by atoms with E-state index < -0.39 is 5.97 Å². The number of carboxylic acid groups (broad SMARTS) is 1. The summed E-state index contributed by atoms with van der Waals surface area (Å²) in [5.41, 5.74) is 3.80. The zero-order valence-corrected chi connectivity index (χ0v) is 10.9. The van der Waals surface area contributed by atoms with Crippen molar-refractivity contribution in [1.82, 2.24) is 4.57 Å². The van der Waals surface area contributed by atoms with E-state index >= 15 is 0 Å². The summed E-state index contributed by atoms with van der Waals surface area (Å²) in [5.74, 6) is -0.718. The Labute approximate surface area is 107 Å². The molecule has 3 heteroatoms. The lowest BCUT2D eigenvalue weighted by Gasteiger charge is -2.01. The second-order valence-electron chi connectivity index (χ2n) is 4.72. The summed E-state index contributed by atoms with van der Waals surface area (Å²) in [4.78, 5) is 10.6. The van der Waals surface area contributed by atoms with E-state index in [9.17, 15) is 4.79 Å². The van der Waals surface area contributed by atoms with Crippen molar-refractivity contribution < 1.29 is 9.90 Å². The maximum Gasteiger partial charge on any atom is 0.303 e. The van der Waals surface area contributed by atoms with Gasteiger partial charge in [0.15, 0.2) is 0 Å². The Morgan fingerprint density at radius 2 is 2.17 bits per heavy atom. The number of aliphatic carboxylic acids is 1. The molecule has 1 aromatic heterocycles. The number of aryl methyl sites for hydroxylation is 3. The molecule has 0 aliphatic rings. The zero-order chi connectivity index (χ0) is 13.1. The van der Waals surface area contributed by atoms with Crippen LogP contribution in [0.1, 0.15) is 30.9 Å². The zero-order valence-electron chi connectivity index (χ0n) is 10.9. The van der Waals surface area contributed by atoms with Crippen LogP contribution in [0.25, 0.3) is 10.9 Å². The van der Waals surface area contributed by atoms with Crippen LogP contribution < -0.4 is 0 Å². The Balaban J connectivity index is 2.28. The number of carboxylic acids is 1. The van der Waals surface area contributed by atoms with Crippen LogP contribution in [0.4, 0.5) is 0 Å². The van der Waals surface area contributed by atoms with E-state index in [1.165, 1.54) is 22.0 Å². The molecule has 1 heterocycles. The molecule has 18 heavy (non-hydrogen) atoms. The van der Waals surface area contributed by atoms with Gasteiger partial charge in [-0.05, 0) is 42.5 Å². The second-order valence-corrected chi connectivity index (χ2v) is 4.72. The molecule has 0 bridgehead atoms. The molecule has 0 radical (unpaired) electrons. The summed E-state index contributed by atoms with van der Waals surface area (Å²) in [6.07, 6.45) is 4.91. The highest BCUT2D eigenvalue weighted by Gasteiger charge is 2.07. The number of hydrogen-bond acceptors (Lipinski definition) is 1. The molecule has 0 fully saturated rings. The minimum atomic E-state index is -0.718. The van der Waals surface area contributed by atoms with Crippen molar-refractivity contribution in [1.29, 1.82) is 0 Å². The highest BCUT2D eigenvalue weighted by Crippen LogP contribution is 2.23. The minimum Gasteiger partial charge on any atom is -0.481 e. The molecule has 0 aliphatic heterocycles. The second kappa shape index (κ2) is 5.25. The van der Waals surface area contributed by atoms with Crippen molar-refractivity contribution in [2.24, 2.45) is 7.05 Å². The monoisotopic (exact) mass is 245 g/mol. The summed E-state index contributed by atoms with van der Waals surface area (Å²) in [5, 5.41) is 9.95. The first kappa shape index (κ1) is 12.7. The summed E-state index contributed by atoms with van der Waals surface area (Å²) in [6.45, 7) is 2.15. The van der Waals surface area contributed by atoms with Crippen LogP contribution in [-0.4, -0.2) is 15.6 Å². The molecule has 2 aromatic rings. The smallest absolute Gasteiger partial charge is 0.303 e. The van der Waals surface area contributed by atoms with Gasteiger partial charge >= 0.3 is 5.97 Å². The van der Waals surface area contributed by atoms with Gasteiger partial charge in [-0.15, -0.1) is 0 Å². The van der Waals surface area contributed by atoms with Crippen LogP contribution >= 0.6 is 0 Å². The number of fused-ring (bicyclic) bond motifs is 1. The van der Waals surface area contributed by atoms with Gasteiger partial charge in [-0.3, -0.25) is 4.79 Å². The Morgan fingerprint density at radius 1 is 1.39 bits per heavy atom. The molecule has 1 aromatic carbocycles. The molecule has 0 saturated carbocycles. The number of benzene rings is 1. The Kier molecular flexibility index (Phi) is 3.70. The third-order valence-corrected chi connectivity index (χ3v) is 3.38. The van der Waals surface area contributed by atoms with Gasteiger partial charge in [-0.25, -0.2) is 0 Å². The molecule has 0 amide bonds. The molecular weight excluding hydrogens is 226 g/mol. The fraction of sp³-hybridized carbons (Fsp3) is 0.400. The summed E-state index contributed by atoms with van der Waals surface area (Å²) in [6, 6.07) is 6.53. The van der Waals surface area contributed by atoms with Crippen LogP contribution in [0.2, 0.25) is 0 Å². The van der Waals surface area contributed by atoms with Crippen molar-refractivity contribution in [3.05, 3.63) is 35.5 Å². The predicted molar refractivity (Wildman–Crippen MR) is 72.9 cm³/mol. The maximum absolute atomic E-state index is 10.6. The fourth-order valence-electron chi connectivity index (χ4n) is 2.37. The van der Waals surface area contributed by atoms with E-state index in [4.69, 9.17) is 5.11 Å². The van der Waals surface area contributed by atoms with Crippen LogP contribution in [0, 0.1) is 0 Å². The molecular formula is C15H19NO2. The molecule has 0 saturated heterocycles. The lowest BCUT2D eigenvalue weighted by Crippen LogP contribution is -1.95. The SMILES string of the molecule is CCc1ccc2c(c1)c(CCCC(=O)O)cn2C. The van der Waals surface area contributed by atoms with Crippen LogP contribution in [0.5, 0.6) is 0 Å². The number of aromatic nitrogens is 1. The van der Waals surface area contributed by atoms with E-state index in [1.54, 1.807) is 0 Å². The Bertz CT molecular complexity index is 569. The summed E-state index contributed by atoms with van der Waals surface area (Å²) >= 11 is 0. The number of nitrogens with zero attached hydrogens (tertiary/aromatic N) is 1. The van der Waals surface area contributed by atoms with Gasteiger partial charge in [-0.1, -0.05) is 13.0 Å². The predicted octanol–water partition coefficient (Wildman–Crippen LogP) is 3.15. The molecule has 0 spiro atoms. The average molecular weight is 245 g/mol. The number of rotatable bonds is 5. The molecule has 3 nitrogen and oxygen atoms in total. The van der Waals surface area contributed by atoms with Crippen LogP contribution in [-0.2, 0) is 24.7 Å². The first-order chi connectivity index (χ1) is 8.61. The molecule has 2 rings (SSSR count). The highest BCUT2D eigenvalue weighted by atomic mass is 16.4. The summed E-state index contributed by atoms with van der Waals surface area (Å²) in [7, 11) is 2.04. The van der Waals surface area contributed by atoms with E-state index in [0.29, 0.717) is 6.42 Å². The Hall–Kier alpha value is -1.77. The van der Waals surface area contributed by atoms with Crippen LogP contribution in [0.3, 0.4) is 0 Å². The molecule has 0 aliphatic carbocycles. The van der Waals surface area contributed by atoms with Gasteiger partial charge in [0.1, 0.15) is 0 Å². The van der Waals surface area contributed by atoms with Crippen molar-refractivity contribution in [3.63, 3.8) is 0 Å². The first-order valence-electron chi connectivity index (χ1n) is 6.40. The molecule has 96 valence electrons. The lowest BCUT2D eigenvalue weighted by molar-refractivity contribution is -0.137. The van der Waals surface area contributed by atoms with Gasteiger partial charge in [0.2, 0.25) is 0 Å². The van der Waals surface area contributed by atoms with Crippen molar-refractivity contribution in [2.45, 2.75) is 32.6 Å². The molecule has 1 N–H and O–H groups in total. The largest absolute Gasteiger partial charge is 0.481 e. The fourth-order valence-corrected chi connectivity index (χ4v) is 2.37.